The number of imidazole rings is 1. The van der Waals surface area contributed by atoms with E-state index in [0.717, 1.165) is 23.7 Å². The van der Waals surface area contributed by atoms with Crippen molar-refractivity contribution in [2.24, 2.45) is 0 Å². The molecule has 0 atom stereocenters. The Morgan fingerprint density at radius 2 is 2.26 bits per heavy atom. The van der Waals surface area contributed by atoms with Crippen LogP contribution in [0.15, 0.2) is 37.1 Å². The van der Waals surface area contributed by atoms with Crippen molar-refractivity contribution in [2.75, 3.05) is 0 Å². The van der Waals surface area contributed by atoms with E-state index in [4.69, 9.17) is 0 Å². The van der Waals surface area contributed by atoms with Crippen LogP contribution in [-0.2, 0) is 6.54 Å². The predicted octanol–water partition coefficient (Wildman–Crippen LogP) is 1.17. The van der Waals surface area contributed by atoms with Crippen LogP contribution in [0.3, 0.4) is 0 Å². The quantitative estimate of drug-likeness (QED) is 0.759. The van der Waals surface area contributed by atoms with Gasteiger partial charge in [0.1, 0.15) is 18.3 Å². The molecule has 0 bridgehead atoms. The molecule has 0 aromatic carbocycles. The third-order valence-electron chi connectivity index (χ3n) is 3.38. The first-order valence-corrected chi connectivity index (χ1v) is 6.46. The second-order valence-electron chi connectivity index (χ2n) is 4.81. The summed E-state index contributed by atoms with van der Waals surface area (Å²) in [5.41, 5.74) is 2.05. The van der Waals surface area contributed by atoms with Crippen molar-refractivity contribution in [3.05, 3.63) is 42.7 Å². The zero-order chi connectivity index (χ0) is 12.7. The molecule has 0 saturated heterocycles. The van der Waals surface area contributed by atoms with Gasteiger partial charge in [-0.1, -0.05) is 6.07 Å². The lowest BCUT2D eigenvalue weighted by atomic mass is 10.4. The standard InChI is InChI=1S/C13H14N6/c1-2-6-18-11(7-15-10-4-5-10)13(17-12(18)3-1)19-9-14-8-16-19/h1-3,6,8-10,15H,4-5,7H2. The van der Waals surface area contributed by atoms with E-state index < -0.39 is 0 Å². The molecule has 0 aliphatic heterocycles. The molecular formula is C13H14N6. The maximum atomic E-state index is 4.64. The van der Waals surface area contributed by atoms with Crippen molar-refractivity contribution in [3.63, 3.8) is 0 Å². The van der Waals surface area contributed by atoms with Crippen LogP contribution < -0.4 is 5.32 Å². The summed E-state index contributed by atoms with van der Waals surface area (Å²) in [4.78, 5) is 8.64. The van der Waals surface area contributed by atoms with Crippen molar-refractivity contribution in [1.82, 2.24) is 29.5 Å². The van der Waals surface area contributed by atoms with Crippen molar-refractivity contribution in [3.8, 4) is 5.82 Å². The normalized spacial score (nSPS) is 15.2. The number of nitrogens with one attached hydrogen (secondary N) is 1. The first-order valence-electron chi connectivity index (χ1n) is 6.46. The molecule has 6 heteroatoms. The summed E-state index contributed by atoms with van der Waals surface area (Å²) in [5.74, 6) is 0.844. The Bertz CT molecular complexity index is 695. The molecule has 3 aromatic heterocycles. The van der Waals surface area contributed by atoms with E-state index in [1.54, 1.807) is 11.0 Å². The Morgan fingerprint density at radius 1 is 1.32 bits per heavy atom. The summed E-state index contributed by atoms with van der Waals surface area (Å²) in [5, 5.41) is 7.72. The number of fused-ring (bicyclic) bond motifs is 1. The minimum absolute atomic E-state index is 0.665. The second kappa shape index (κ2) is 4.17. The van der Waals surface area contributed by atoms with E-state index in [0.29, 0.717) is 6.04 Å². The van der Waals surface area contributed by atoms with Crippen molar-refractivity contribution < 1.29 is 0 Å². The molecule has 1 aliphatic carbocycles. The van der Waals surface area contributed by atoms with Crippen molar-refractivity contribution in [1.29, 1.82) is 0 Å². The van der Waals surface area contributed by atoms with Gasteiger partial charge in [0.05, 0.1) is 5.69 Å². The average molecular weight is 254 g/mol. The zero-order valence-electron chi connectivity index (χ0n) is 10.4. The van der Waals surface area contributed by atoms with Crippen LogP contribution in [0.2, 0.25) is 0 Å². The lowest BCUT2D eigenvalue weighted by molar-refractivity contribution is 0.662. The lowest BCUT2D eigenvalue weighted by Crippen LogP contribution is -2.18. The fourth-order valence-electron chi connectivity index (χ4n) is 2.23. The number of rotatable bonds is 4. The molecule has 0 spiro atoms. The second-order valence-corrected chi connectivity index (χ2v) is 4.81. The van der Waals surface area contributed by atoms with Gasteiger partial charge in [-0.25, -0.2) is 14.6 Å². The zero-order valence-corrected chi connectivity index (χ0v) is 10.4. The van der Waals surface area contributed by atoms with E-state index >= 15 is 0 Å². The fourth-order valence-corrected chi connectivity index (χ4v) is 2.23. The topological polar surface area (TPSA) is 60.0 Å². The van der Waals surface area contributed by atoms with Crippen LogP contribution in [0.4, 0.5) is 0 Å². The molecule has 1 saturated carbocycles. The molecule has 1 N–H and O–H groups in total. The van der Waals surface area contributed by atoms with E-state index in [9.17, 15) is 0 Å². The number of hydrogen-bond donors (Lipinski definition) is 1. The van der Waals surface area contributed by atoms with Crippen molar-refractivity contribution in [2.45, 2.75) is 25.4 Å². The van der Waals surface area contributed by atoms with Crippen LogP contribution >= 0.6 is 0 Å². The van der Waals surface area contributed by atoms with Crippen LogP contribution in [0, 0.1) is 0 Å². The Balaban J connectivity index is 1.82. The average Bonchev–Trinajstić information content (AvgIpc) is 2.99. The third kappa shape index (κ3) is 1.90. The lowest BCUT2D eigenvalue weighted by Gasteiger charge is -2.05. The van der Waals surface area contributed by atoms with Gasteiger partial charge in [-0.2, -0.15) is 5.10 Å². The van der Waals surface area contributed by atoms with Gasteiger partial charge in [-0.3, -0.25) is 0 Å². The number of aromatic nitrogens is 5. The summed E-state index contributed by atoms with van der Waals surface area (Å²) >= 11 is 0. The van der Waals surface area contributed by atoms with Gasteiger partial charge in [0.15, 0.2) is 5.82 Å². The van der Waals surface area contributed by atoms with E-state index in [1.165, 1.54) is 19.2 Å². The highest BCUT2D eigenvalue weighted by atomic mass is 15.4. The van der Waals surface area contributed by atoms with E-state index in [-0.39, 0.29) is 0 Å². The Kier molecular flexibility index (Phi) is 2.34. The summed E-state index contributed by atoms with van der Waals surface area (Å²) in [6.45, 7) is 0.797. The minimum Gasteiger partial charge on any atom is -0.308 e. The minimum atomic E-state index is 0.665. The molecule has 1 aliphatic rings. The Hall–Kier alpha value is -2.21. The first kappa shape index (κ1) is 10.7. The summed E-state index contributed by atoms with van der Waals surface area (Å²) in [6.07, 6.45) is 7.79. The first-order chi connectivity index (χ1) is 9.42. The third-order valence-corrected chi connectivity index (χ3v) is 3.38. The summed E-state index contributed by atoms with van der Waals surface area (Å²) < 4.78 is 3.82. The van der Waals surface area contributed by atoms with Crippen LogP contribution in [-0.4, -0.2) is 30.2 Å². The Labute approximate surface area is 110 Å². The van der Waals surface area contributed by atoms with Gasteiger partial charge < -0.3 is 9.72 Å². The molecule has 3 heterocycles. The van der Waals surface area contributed by atoms with Crippen LogP contribution in [0.5, 0.6) is 0 Å². The molecule has 0 radical (unpaired) electrons. The van der Waals surface area contributed by atoms with Gasteiger partial charge in [-0.15, -0.1) is 0 Å². The molecule has 3 aromatic rings. The highest BCUT2D eigenvalue weighted by Crippen LogP contribution is 2.21. The number of hydrogen-bond acceptors (Lipinski definition) is 4. The molecular weight excluding hydrogens is 240 g/mol. The van der Waals surface area contributed by atoms with Gasteiger partial charge in [0, 0.05) is 18.8 Å². The van der Waals surface area contributed by atoms with Crippen LogP contribution in [0.1, 0.15) is 18.5 Å². The monoisotopic (exact) mass is 254 g/mol. The molecule has 0 unspecified atom stereocenters. The van der Waals surface area contributed by atoms with E-state index in [2.05, 4.69) is 24.8 Å². The maximum absolute atomic E-state index is 4.64. The maximum Gasteiger partial charge on any atom is 0.178 e. The smallest absolute Gasteiger partial charge is 0.178 e. The molecule has 0 amide bonds. The highest BCUT2D eigenvalue weighted by molar-refractivity contribution is 5.48. The molecule has 96 valence electrons. The summed E-state index contributed by atoms with van der Waals surface area (Å²) in [7, 11) is 0. The summed E-state index contributed by atoms with van der Waals surface area (Å²) in [6, 6.07) is 6.67. The number of nitrogens with zero attached hydrogens (tertiary/aromatic N) is 5. The van der Waals surface area contributed by atoms with Crippen LogP contribution in [0.25, 0.3) is 11.5 Å². The van der Waals surface area contributed by atoms with Crippen molar-refractivity contribution >= 4 is 5.65 Å². The molecule has 19 heavy (non-hydrogen) atoms. The predicted molar refractivity (Wildman–Crippen MR) is 70.0 cm³/mol. The van der Waals surface area contributed by atoms with Gasteiger partial charge >= 0.3 is 0 Å². The highest BCUT2D eigenvalue weighted by Gasteiger charge is 2.22. The van der Waals surface area contributed by atoms with Gasteiger partial charge in [0.25, 0.3) is 0 Å². The number of pyridine rings is 1. The molecule has 1 fully saturated rings. The largest absolute Gasteiger partial charge is 0.308 e. The fraction of sp³-hybridized carbons (Fsp3) is 0.308. The van der Waals surface area contributed by atoms with Gasteiger partial charge in [0.2, 0.25) is 0 Å². The van der Waals surface area contributed by atoms with Gasteiger partial charge in [-0.05, 0) is 25.0 Å². The SMILES string of the molecule is c1ccn2c(CNC3CC3)c(-n3cncn3)nc2c1. The van der Waals surface area contributed by atoms with E-state index in [1.807, 2.05) is 24.4 Å². The molecule has 6 nitrogen and oxygen atoms in total. The molecule has 4 rings (SSSR count). The Morgan fingerprint density at radius 3 is 3.05 bits per heavy atom.